The van der Waals surface area contributed by atoms with Crippen LogP contribution in [0.2, 0.25) is 0 Å². The molecule has 3 heteroatoms. The van der Waals surface area contributed by atoms with E-state index in [-0.39, 0.29) is 0 Å². The Morgan fingerprint density at radius 2 is 2.17 bits per heavy atom. The molecule has 1 fully saturated rings. The van der Waals surface area contributed by atoms with E-state index in [1.165, 1.54) is 0 Å². The van der Waals surface area contributed by atoms with Gasteiger partial charge in [-0.15, -0.1) is 0 Å². The normalized spacial score (nSPS) is 18.6. The van der Waals surface area contributed by atoms with Crippen molar-refractivity contribution in [1.29, 1.82) is 0 Å². The average molecular weight is 250 g/mol. The zero-order chi connectivity index (χ0) is 12.8. The van der Waals surface area contributed by atoms with Gasteiger partial charge in [0.05, 0.1) is 12.7 Å². The molecular weight excluding hydrogens is 228 g/mol. The molecule has 1 saturated heterocycles. The highest BCUT2D eigenvalue weighted by Gasteiger charge is 2.19. The van der Waals surface area contributed by atoms with Gasteiger partial charge in [0.1, 0.15) is 5.75 Å². The monoisotopic (exact) mass is 250 g/mol. The van der Waals surface area contributed by atoms with Crippen LogP contribution >= 0.6 is 0 Å². The van der Waals surface area contributed by atoms with Crippen molar-refractivity contribution in [2.45, 2.75) is 32.3 Å². The molecule has 0 radical (unpaired) electrons. The van der Waals surface area contributed by atoms with E-state index in [4.69, 9.17) is 9.47 Å². The van der Waals surface area contributed by atoms with Gasteiger partial charge in [-0.05, 0) is 49.8 Å². The summed E-state index contributed by atoms with van der Waals surface area (Å²) < 4.78 is 10.8. The van der Waals surface area contributed by atoms with Gasteiger partial charge in [-0.25, -0.2) is 0 Å². The van der Waals surface area contributed by atoms with Crippen LogP contribution in [0.5, 0.6) is 5.75 Å². The van der Waals surface area contributed by atoms with Crippen molar-refractivity contribution in [3.05, 3.63) is 29.8 Å². The van der Waals surface area contributed by atoms with Crippen molar-refractivity contribution < 1.29 is 14.6 Å². The highest BCUT2D eigenvalue weighted by atomic mass is 16.5. The fourth-order valence-corrected chi connectivity index (χ4v) is 2.41. The van der Waals surface area contributed by atoms with Gasteiger partial charge in [0.2, 0.25) is 0 Å². The minimum Gasteiger partial charge on any atom is -0.494 e. The van der Waals surface area contributed by atoms with Crippen LogP contribution in [-0.4, -0.2) is 24.9 Å². The van der Waals surface area contributed by atoms with Crippen molar-refractivity contribution in [2.24, 2.45) is 5.92 Å². The van der Waals surface area contributed by atoms with Gasteiger partial charge >= 0.3 is 0 Å². The molecule has 1 atom stereocenters. The Kier molecular flexibility index (Phi) is 5.02. The van der Waals surface area contributed by atoms with Crippen molar-refractivity contribution in [1.82, 2.24) is 0 Å². The SMILES string of the molecule is CCOc1cccc(C(O)CC2CCOCC2)c1. The van der Waals surface area contributed by atoms with Crippen LogP contribution in [0.1, 0.15) is 37.9 Å². The molecule has 0 aliphatic carbocycles. The Labute approximate surface area is 109 Å². The molecule has 0 aromatic heterocycles. The summed E-state index contributed by atoms with van der Waals surface area (Å²) in [5.41, 5.74) is 0.951. The molecule has 100 valence electrons. The Morgan fingerprint density at radius 3 is 2.89 bits per heavy atom. The predicted molar refractivity (Wildman–Crippen MR) is 70.7 cm³/mol. The third-order valence-electron chi connectivity index (χ3n) is 3.45. The average Bonchev–Trinajstić information content (AvgIpc) is 2.40. The van der Waals surface area contributed by atoms with Gasteiger partial charge in [-0.3, -0.25) is 0 Å². The summed E-state index contributed by atoms with van der Waals surface area (Å²) in [6, 6.07) is 7.77. The van der Waals surface area contributed by atoms with Crippen molar-refractivity contribution >= 4 is 0 Å². The quantitative estimate of drug-likeness (QED) is 0.873. The number of benzene rings is 1. The van der Waals surface area contributed by atoms with E-state index in [1.807, 2.05) is 31.2 Å². The van der Waals surface area contributed by atoms with Crippen LogP contribution in [-0.2, 0) is 4.74 Å². The van der Waals surface area contributed by atoms with E-state index in [0.717, 1.165) is 43.8 Å². The fourth-order valence-electron chi connectivity index (χ4n) is 2.41. The van der Waals surface area contributed by atoms with Gasteiger partial charge in [0.15, 0.2) is 0 Å². The summed E-state index contributed by atoms with van der Waals surface area (Å²) in [4.78, 5) is 0. The molecule has 1 unspecified atom stereocenters. The number of aliphatic hydroxyl groups excluding tert-OH is 1. The van der Waals surface area contributed by atoms with E-state index in [0.29, 0.717) is 12.5 Å². The second-order valence-corrected chi connectivity index (χ2v) is 4.81. The molecule has 1 aliphatic heterocycles. The van der Waals surface area contributed by atoms with Gasteiger partial charge in [-0.1, -0.05) is 12.1 Å². The number of rotatable bonds is 5. The summed E-state index contributed by atoms with van der Waals surface area (Å²) >= 11 is 0. The molecule has 1 aromatic carbocycles. The summed E-state index contributed by atoms with van der Waals surface area (Å²) in [6.45, 7) is 4.28. The van der Waals surface area contributed by atoms with Gasteiger partial charge in [-0.2, -0.15) is 0 Å². The molecule has 3 nitrogen and oxygen atoms in total. The Balaban J connectivity index is 1.94. The van der Waals surface area contributed by atoms with E-state index < -0.39 is 6.10 Å². The second-order valence-electron chi connectivity index (χ2n) is 4.81. The molecule has 2 rings (SSSR count). The predicted octanol–water partition coefficient (Wildman–Crippen LogP) is 2.94. The van der Waals surface area contributed by atoms with E-state index in [1.54, 1.807) is 0 Å². The fraction of sp³-hybridized carbons (Fsp3) is 0.600. The van der Waals surface area contributed by atoms with Gasteiger partial charge in [0, 0.05) is 13.2 Å². The molecule has 18 heavy (non-hydrogen) atoms. The summed E-state index contributed by atoms with van der Waals surface area (Å²) in [5, 5.41) is 10.3. The maximum absolute atomic E-state index is 10.3. The first kappa shape index (κ1) is 13.4. The molecule has 1 aromatic rings. The second kappa shape index (κ2) is 6.76. The molecule has 0 saturated carbocycles. The zero-order valence-corrected chi connectivity index (χ0v) is 11.0. The maximum atomic E-state index is 10.3. The molecule has 0 amide bonds. The lowest BCUT2D eigenvalue weighted by molar-refractivity contribution is 0.0434. The van der Waals surface area contributed by atoms with Gasteiger partial charge < -0.3 is 14.6 Å². The van der Waals surface area contributed by atoms with Crippen LogP contribution in [0.3, 0.4) is 0 Å². The smallest absolute Gasteiger partial charge is 0.119 e. The molecule has 1 N–H and O–H groups in total. The molecule has 1 aliphatic rings. The van der Waals surface area contributed by atoms with Crippen molar-refractivity contribution in [3.8, 4) is 5.75 Å². The van der Waals surface area contributed by atoms with Crippen LogP contribution in [0.15, 0.2) is 24.3 Å². The van der Waals surface area contributed by atoms with Crippen LogP contribution < -0.4 is 4.74 Å². The maximum Gasteiger partial charge on any atom is 0.119 e. The highest BCUT2D eigenvalue weighted by Crippen LogP contribution is 2.29. The minimum absolute atomic E-state index is 0.395. The minimum atomic E-state index is -0.395. The standard InChI is InChI=1S/C15H22O3/c1-2-18-14-5-3-4-13(11-14)15(16)10-12-6-8-17-9-7-12/h3-5,11-12,15-16H,2,6-10H2,1H3. The third kappa shape index (κ3) is 3.72. The van der Waals surface area contributed by atoms with Crippen molar-refractivity contribution in [3.63, 3.8) is 0 Å². The number of aliphatic hydroxyl groups is 1. The van der Waals surface area contributed by atoms with E-state index in [2.05, 4.69) is 0 Å². The van der Waals surface area contributed by atoms with Gasteiger partial charge in [0.25, 0.3) is 0 Å². The molecule has 0 bridgehead atoms. The lowest BCUT2D eigenvalue weighted by Gasteiger charge is -2.24. The van der Waals surface area contributed by atoms with Crippen LogP contribution in [0.25, 0.3) is 0 Å². The van der Waals surface area contributed by atoms with Crippen molar-refractivity contribution in [2.75, 3.05) is 19.8 Å². The van der Waals surface area contributed by atoms with Crippen LogP contribution in [0.4, 0.5) is 0 Å². The highest BCUT2D eigenvalue weighted by molar-refractivity contribution is 5.29. The summed E-state index contributed by atoms with van der Waals surface area (Å²) in [7, 11) is 0. The Morgan fingerprint density at radius 1 is 1.39 bits per heavy atom. The first-order valence-electron chi connectivity index (χ1n) is 6.78. The molecular formula is C15H22O3. The molecule has 0 spiro atoms. The first-order valence-corrected chi connectivity index (χ1v) is 6.78. The Bertz CT molecular complexity index is 359. The topological polar surface area (TPSA) is 38.7 Å². The summed E-state index contributed by atoms with van der Waals surface area (Å²) in [5.74, 6) is 1.41. The third-order valence-corrected chi connectivity index (χ3v) is 3.45. The number of hydrogen-bond donors (Lipinski definition) is 1. The van der Waals surface area contributed by atoms with E-state index in [9.17, 15) is 5.11 Å². The lowest BCUT2D eigenvalue weighted by atomic mass is 9.91. The largest absolute Gasteiger partial charge is 0.494 e. The lowest BCUT2D eigenvalue weighted by Crippen LogP contribution is -2.18. The zero-order valence-electron chi connectivity index (χ0n) is 11.0. The number of hydrogen-bond acceptors (Lipinski definition) is 3. The van der Waals surface area contributed by atoms with Crippen LogP contribution in [0, 0.1) is 5.92 Å². The van der Waals surface area contributed by atoms with E-state index >= 15 is 0 Å². The number of ether oxygens (including phenoxy) is 2. The Hall–Kier alpha value is -1.06. The molecule has 1 heterocycles. The first-order chi connectivity index (χ1) is 8.79. The summed E-state index contributed by atoms with van der Waals surface area (Å²) in [6.07, 6.45) is 2.54.